The third-order valence-electron chi connectivity index (χ3n) is 8.55. The lowest BCUT2D eigenvalue weighted by Crippen LogP contribution is -2.54. The van der Waals surface area contributed by atoms with Gasteiger partial charge in [0, 0.05) is 64.1 Å². The lowest BCUT2D eigenvalue weighted by Gasteiger charge is -2.41. The molecule has 8 nitrogen and oxygen atoms in total. The fourth-order valence-corrected chi connectivity index (χ4v) is 7.59. The number of aromatic nitrogens is 2. The van der Waals surface area contributed by atoms with Gasteiger partial charge in [0.25, 0.3) is 0 Å². The van der Waals surface area contributed by atoms with Crippen LogP contribution in [0, 0.1) is 16.7 Å². The van der Waals surface area contributed by atoms with Gasteiger partial charge in [-0.3, -0.25) is 4.98 Å². The van der Waals surface area contributed by atoms with E-state index < -0.39 is 23.8 Å². The van der Waals surface area contributed by atoms with Crippen LogP contribution in [0.5, 0.6) is 0 Å². The highest BCUT2D eigenvalue weighted by Gasteiger charge is 2.41. The smallest absolute Gasteiger partial charge is 0.189 e. The van der Waals surface area contributed by atoms with Crippen molar-refractivity contribution < 1.29 is 14.6 Å². The van der Waals surface area contributed by atoms with Crippen LogP contribution in [0.4, 0.5) is 4.39 Å². The number of rotatable bonds is 6. The van der Waals surface area contributed by atoms with Gasteiger partial charge in [0.2, 0.25) is 0 Å². The molecule has 212 valence electrons. The zero-order valence-electron chi connectivity index (χ0n) is 22.3. The Morgan fingerprint density at radius 3 is 2.73 bits per heavy atom. The lowest BCUT2D eigenvalue weighted by atomic mass is 9.80. The van der Waals surface area contributed by atoms with Gasteiger partial charge in [-0.1, -0.05) is 11.6 Å². The Balaban J connectivity index is 1.28. The van der Waals surface area contributed by atoms with Crippen molar-refractivity contribution in [2.75, 3.05) is 13.1 Å². The number of aliphatic hydroxyl groups is 2. The first-order valence-electron chi connectivity index (χ1n) is 13.9. The number of fused-ring (bicyclic) bond motifs is 2. The van der Waals surface area contributed by atoms with Crippen LogP contribution in [-0.4, -0.2) is 61.3 Å². The highest BCUT2D eigenvalue weighted by molar-refractivity contribution is 7.19. The standard InChI is InChI=1S/C30H30ClFN6O2S/c31-19-11-18-4-10-36(17-30(16-33)5-8-34-9-6-30)26(18)23(12-19)22-3-7-35-25-13-21(41-27(22)25)14-38-28(39)24(32)15-37(29(38)40)20-1-2-20/h3-4,7,10-13,15,20,28-29,34,39-40H,1-2,5-6,8-9,14,17H2. The van der Waals surface area contributed by atoms with E-state index in [1.54, 1.807) is 11.1 Å². The first-order valence-corrected chi connectivity index (χ1v) is 15.1. The number of nitriles is 1. The molecule has 1 aliphatic carbocycles. The molecule has 3 N–H and O–H groups in total. The molecule has 1 aromatic carbocycles. The Hall–Kier alpha value is -3.04. The summed E-state index contributed by atoms with van der Waals surface area (Å²) in [4.78, 5) is 8.39. The molecule has 2 unspecified atom stereocenters. The zero-order valence-corrected chi connectivity index (χ0v) is 23.9. The molecule has 3 aromatic heterocycles. The van der Waals surface area contributed by atoms with Gasteiger partial charge in [-0.2, -0.15) is 5.26 Å². The topological polar surface area (TPSA) is 101 Å². The maximum absolute atomic E-state index is 14.6. The van der Waals surface area contributed by atoms with E-state index in [2.05, 4.69) is 20.9 Å². The van der Waals surface area contributed by atoms with E-state index in [0.29, 0.717) is 11.6 Å². The SMILES string of the molecule is N#CC1(Cn2ccc3cc(Cl)cc(-c4ccnc5cc(CN6C(O)C(F)=CN(C7CC7)C6O)sc45)c32)CCNCC1. The first-order chi connectivity index (χ1) is 19.9. The van der Waals surface area contributed by atoms with E-state index in [0.717, 1.165) is 75.9 Å². The van der Waals surface area contributed by atoms with Gasteiger partial charge in [0.05, 0.1) is 27.2 Å². The fraction of sp³-hybridized carbons (Fsp3) is 0.400. The van der Waals surface area contributed by atoms with Gasteiger partial charge in [-0.15, -0.1) is 11.3 Å². The molecule has 2 atom stereocenters. The van der Waals surface area contributed by atoms with Crippen molar-refractivity contribution in [3.8, 4) is 17.2 Å². The number of benzene rings is 1. The van der Waals surface area contributed by atoms with Gasteiger partial charge in [0.1, 0.15) is 0 Å². The summed E-state index contributed by atoms with van der Waals surface area (Å²) in [5.74, 6) is -0.673. The van der Waals surface area contributed by atoms with Gasteiger partial charge in [0.15, 0.2) is 18.4 Å². The molecule has 0 radical (unpaired) electrons. The summed E-state index contributed by atoms with van der Waals surface area (Å²) in [6.07, 6.45) is 5.77. The molecule has 3 aliphatic rings. The Labute approximate surface area is 245 Å². The summed E-state index contributed by atoms with van der Waals surface area (Å²) in [5.41, 5.74) is 3.26. The summed E-state index contributed by atoms with van der Waals surface area (Å²) < 4.78 is 17.7. The molecule has 0 bridgehead atoms. The van der Waals surface area contributed by atoms with Crippen LogP contribution < -0.4 is 5.32 Å². The van der Waals surface area contributed by atoms with Gasteiger partial charge < -0.3 is 25.0 Å². The van der Waals surface area contributed by atoms with Crippen molar-refractivity contribution in [1.82, 2.24) is 24.7 Å². The fourth-order valence-electron chi connectivity index (χ4n) is 6.21. The van der Waals surface area contributed by atoms with Crippen LogP contribution in [0.1, 0.15) is 30.6 Å². The second kappa shape index (κ2) is 10.3. The van der Waals surface area contributed by atoms with Crippen molar-refractivity contribution in [3.05, 3.63) is 64.7 Å². The van der Waals surface area contributed by atoms with Crippen LogP contribution in [-0.2, 0) is 13.1 Å². The zero-order chi connectivity index (χ0) is 28.3. The first kappa shape index (κ1) is 26.8. The van der Waals surface area contributed by atoms with Crippen molar-refractivity contribution in [2.24, 2.45) is 5.41 Å². The number of hydrogen-bond donors (Lipinski definition) is 3. The maximum Gasteiger partial charge on any atom is 0.189 e. The predicted molar refractivity (Wildman–Crippen MR) is 157 cm³/mol. The number of piperidine rings is 1. The molecule has 1 saturated heterocycles. The monoisotopic (exact) mass is 592 g/mol. The molecule has 0 spiro atoms. The summed E-state index contributed by atoms with van der Waals surface area (Å²) in [5, 5.41) is 36.6. The molecule has 0 amide bonds. The molecule has 5 heterocycles. The minimum Gasteiger partial charge on any atom is -0.371 e. The van der Waals surface area contributed by atoms with E-state index in [1.807, 2.05) is 36.5 Å². The quantitative estimate of drug-likeness (QED) is 0.285. The van der Waals surface area contributed by atoms with Crippen molar-refractivity contribution in [3.63, 3.8) is 0 Å². The summed E-state index contributed by atoms with van der Waals surface area (Å²) >= 11 is 8.12. The highest BCUT2D eigenvalue weighted by Crippen LogP contribution is 2.42. The average Bonchev–Trinajstić information content (AvgIpc) is 3.62. The molecular formula is C30H30ClFN6O2S. The van der Waals surface area contributed by atoms with E-state index in [-0.39, 0.29) is 12.6 Å². The van der Waals surface area contributed by atoms with Gasteiger partial charge in [-0.05, 0) is 69.1 Å². The third-order valence-corrected chi connectivity index (χ3v) is 9.91. The maximum atomic E-state index is 14.6. The number of thiophene rings is 1. The molecule has 1 saturated carbocycles. The Kier molecular flexibility index (Phi) is 6.77. The minimum atomic E-state index is -1.52. The number of pyridine rings is 1. The van der Waals surface area contributed by atoms with Crippen LogP contribution in [0.15, 0.2) is 54.8 Å². The van der Waals surface area contributed by atoms with E-state index in [4.69, 9.17) is 11.6 Å². The Morgan fingerprint density at radius 2 is 1.98 bits per heavy atom. The van der Waals surface area contributed by atoms with E-state index in [1.165, 1.54) is 22.4 Å². The van der Waals surface area contributed by atoms with Crippen molar-refractivity contribution in [1.29, 1.82) is 5.26 Å². The number of nitrogens with zero attached hydrogens (tertiary/aromatic N) is 5. The number of halogens is 2. The number of aliphatic hydroxyl groups excluding tert-OH is 2. The van der Waals surface area contributed by atoms with Crippen LogP contribution in [0.25, 0.3) is 32.2 Å². The number of nitrogens with one attached hydrogen (secondary N) is 1. The second-order valence-corrected chi connectivity index (χ2v) is 12.9. The average molecular weight is 593 g/mol. The largest absolute Gasteiger partial charge is 0.371 e. The summed E-state index contributed by atoms with van der Waals surface area (Å²) in [7, 11) is 0. The molecule has 2 aliphatic heterocycles. The predicted octanol–water partition coefficient (Wildman–Crippen LogP) is 5.15. The lowest BCUT2D eigenvalue weighted by molar-refractivity contribution is -0.173. The summed E-state index contributed by atoms with van der Waals surface area (Å²) in [6.45, 7) is 2.40. The van der Waals surface area contributed by atoms with Crippen LogP contribution in [0.3, 0.4) is 0 Å². The van der Waals surface area contributed by atoms with E-state index >= 15 is 0 Å². The van der Waals surface area contributed by atoms with Crippen molar-refractivity contribution in [2.45, 2.75) is 57.4 Å². The van der Waals surface area contributed by atoms with Gasteiger partial charge >= 0.3 is 0 Å². The molecule has 41 heavy (non-hydrogen) atoms. The molecular weight excluding hydrogens is 563 g/mol. The third kappa shape index (κ3) is 4.80. The van der Waals surface area contributed by atoms with E-state index in [9.17, 15) is 19.9 Å². The molecule has 11 heteroatoms. The molecule has 4 aromatic rings. The van der Waals surface area contributed by atoms with Crippen LogP contribution in [0.2, 0.25) is 5.02 Å². The van der Waals surface area contributed by atoms with Gasteiger partial charge in [-0.25, -0.2) is 9.29 Å². The Bertz CT molecular complexity index is 1700. The van der Waals surface area contributed by atoms with Crippen LogP contribution >= 0.6 is 22.9 Å². The molecule has 7 rings (SSSR count). The molecule has 2 fully saturated rings. The number of hydrogen-bond acceptors (Lipinski definition) is 8. The highest BCUT2D eigenvalue weighted by atomic mass is 35.5. The second-order valence-electron chi connectivity index (χ2n) is 11.3. The Morgan fingerprint density at radius 1 is 1.17 bits per heavy atom. The van der Waals surface area contributed by atoms with Crippen molar-refractivity contribution >= 4 is 44.1 Å². The minimum absolute atomic E-state index is 0.0907. The normalized spacial score (nSPS) is 23.2. The summed E-state index contributed by atoms with van der Waals surface area (Å²) in [6, 6.07) is 12.6.